The summed E-state index contributed by atoms with van der Waals surface area (Å²) >= 11 is 0. The molecule has 6 heteroatoms. The lowest BCUT2D eigenvalue weighted by atomic mass is 10.3. The molecular formula is C15H24N6. The topological polar surface area (TPSA) is 60.6 Å². The maximum absolute atomic E-state index is 4.71. The maximum Gasteiger partial charge on any atom is 0.141 e. The summed E-state index contributed by atoms with van der Waals surface area (Å²) < 4.78 is 4.07. The van der Waals surface area contributed by atoms with Gasteiger partial charge in [-0.25, -0.2) is 9.67 Å². The van der Waals surface area contributed by atoms with Gasteiger partial charge in [0.1, 0.15) is 12.2 Å². The fourth-order valence-electron chi connectivity index (χ4n) is 2.92. The van der Waals surface area contributed by atoms with Crippen LogP contribution in [0.3, 0.4) is 0 Å². The first-order chi connectivity index (χ1) is 10.4. The van der Waals surface area contributed by atoms with Crippen LogP contribution in [0.15, 0.2) is 18.6 Å². The number of aromatic nitrogens is 5. The molecule has 0 bridgehead atoms. The van der Waals surface area contributed by atoms with E-state index in [1.165, 1.54) is 25.7 Å². The third-order valence-corrected chi connectivity index (χ3v) is 4.08. The second kappa shape index (κ2) is 6.85. The van der Waals surface area contributed by atoms with E-state index >= 15 is 0 Å². The van der Waals surface area contributed by atoms with Crippen molar-refractivity contribution < 1.29 is 0 Å². The molecule has 0 unspecified atom stereocenters. The molecule has 6 nitrogen and oxygen atoms in total. The van der Waals surface area contributed by atoms with Gasteiger partial charge in [-0.2, -0.15) is 10.2 Å². The van der Waals surface area contributed by atoms with Crippen molar-refractivity contribution in [3.05, 3.63) is 30.1 Å². The van der Waals surface area contributed by atoms with Crippen molar-refractivity contribution >= 4 is 0 Å². The second-order valence-electron chi connectivity index (χ2n) is 5.74. The zero-order valence-electron chi connectivity index (χ0n) is 12.7. The largest absolute Gasteiger partial charge is 0.310 e. The van der Waals surface area contributed by atoms with Crippen molar-refractivity contribution in [1.29, 1.82) is 0 Å². The maximum atomic E-state index is 4.71. The molecule has 0 aromatic carbocycles. The number of hydrogen-bond acceptors (Lipinski definition) is 4. The molecule has 0 spiro atoms. The molecule has 0 radical (unpaired) electrons. The molecule has 0 atom stereocenters. The SMILES string of the molecule is CCCNCc1ncnn1Cc1ccn(C2CCCC2)n1. The third-order valence-electron chi connectivity index (χ3n) is 4.08. The molecule has 21 heavy (non-hydrogen) atoms. The van der Waals surface area contributed by atoms with Crippen LogP contribution >= 0.6 is 0 Å². The minimum absolute atomic E-state index is 0.597. The first-order valence-corrected chi connectivity index (χ1v) is 7.98. The number of nitrogens with one attached hydrogen (secondary N) is 1. The molecule has 114 valence electrons. The first kappa shape index (κ1) is 14.3. The molecule has 2 aromatic rings. The number of hydrogen-bond donors (Lipinski definition) is 1. The fourth-order valence-corrected chi connectivity index (χ4v) is 2.92. The summed E-state index contributed by atoms with van der Waals surface area (Å²) in [5.41, 5.74) is 1.06. The normalized spacial score (nSPS) is 15.9. The van der Waals surface area contributed by atoms with E-state index in [-0.39, 0.29) is 0 Å². The lowest BCUT2D eigenvalue weighted by molar-refractivity contribution is 0.459. The van der Waals surface area contributed by atoms with E-state index in [0.717, 1.165) is 31.0 Å². The van der Waals surface area contributed by atoms with Crippen LogP contribution < -0.4 is 5.32 Å². The Hall–Kier alpha value is -1.69. The van der Waals surface area contributed by atoms with Crippen molar-refractivity contribution in [2.75, 3.05) is 6.54 Å². The van der Waals surface area contributed by atoms with E-state index in [2.05, 4.69) is 39.3 Å². The van der Waals surface area contributed by atoms with E-state index in [0.29, 0.717) is 12.6 Å². The highest BCUT2D eigenvalue weighted by Gasteiger charge is 2.17. The Kier molecular flexibility index (Phi) is 4.65. The van der Waals surface area contributed by atoms with Gasteiger partial charge in [-0.05, 0) is 31.9 Å². The van der Waals surface area contributed by atoms with Gasteiger partial charge in [-0.15, -0.1) is 0 Å². The summed E-state index contributed by atoms with van der Waals surface area (Å²) in [6.07, 6.45) is 10.0. The van der Waals surface area contributed by atoms with Crippen LogP contribution in [0.25, 0.3) is 0 Å². The van der Waals surface area contributed by atoms with Gasteiger partial charge in [0.15, 0.2) is 0 Å². The van der Waals surface area contributed by atoms with E-state index in [9.17, 15) is 0 Å². The zero-order valence-corrected chi connectivity index (χ0v) is 12.7. The Labute approximate surface area is 125 Å². The summed E-state index contributed by atoms with van der Waals surface area (Å²) in [6.45, 7) is 4.62. The second-order valence-corrected chi connectivity index (χ2v) is 5.74. The average molecular weight is 288 g/mol. The van der Waals surface area contributed by atoms with Crippen LogP contribution in [-0.2, 0) is 13.1 Å². The van der Waals surface area contributed by atoms with Gasteiger partial charge in [0, 0.05) is 6.20 Å². The van der Waals surface area contributed by atoms with Crippen molar-refractivity contribution in [1.82, 2.24) is 29.9 Å². The molecule has 1 aliphatic rings. The van der Waals surface area contributed by atoms with Crippen LogP contribution in [0.1, 0.15) is 56.6 Å². The molecular weight excluding hydrogens is 264 g/mol. The fraction of sp³-hybridized carbons (Fsp3) is 0.667. The third kappa shape index (κ3) is 3.50. The molecule has 0 amide bonds. The molecule has 3 rings (SSSR count). The Morgan fingerprint density at radius 1 is 1.33 bits per heavy atom. The molecule has 0 saturated heterocycles. The van der Waals surface area contributed by atoms with E-state index in [4.69, 9.17) is 5.10 Å². The molecule has 2 heterocycles. The predicted molar refractivity (Wildman–Crippen MR) is 80.9 cm³/mol. The van der Waals surface area contributed by atoms with Gasteiger partial charge in [0.25, 0.3) is 0 Å². The van der Waals surface area contributed by atoms with Crippen LogP contribution in [0.2, 0.25) is 0 Å². The van der Waals surface area contributed by atoms with E-state index in [1.54, 1.807) is 6.33 Å². The zero-order chi connectivity index (χ0) is 14.5. The summed E-state index contributed by atoms with van der Waals surface area (Å²) in [7, 11) is 0. The molecule has 0 aliphatic heterocycles. The minimum Gasteiger partial charge on any atom is -0.310 e. The Morgan fingerprint density at radius 3 is 3.00 bits per heavy atom. The Morgan fingerprint density at radius 2 is 2.19 bits per heavy atom. The lowest BCUT2D eigenvalue weighted by Gasteiger charge is -2.09. The van der Waals surface area contributed by atoms with Gasteiger partial charge in [-0.1, -0.05) is 19.8 Å². The Balaban J connectivity index is 1.62. The average Bonchev–Trinajstić information content (AvgIpc) is 3.20. The smallest absolute Gasteiger partial charge is 0.141 e. The van der Waals surface area contributed by atoms with E-state index < -0.39 is 0 Å². The van der Waals surface area contributed by atoms with Crippen molar-refractivity contribution in [2.45, 2.75) is 58.2 Å². The van der Waals surface area contributed by atoms with Crippen molar-refractivity contribution in [2.24, 2.45) is 0 Å². The first-order valence-electron chi connectivity index (χ1n) is 7.98. The van der Waals surface area contributed by atoms with Crippen molar-refractivity contribution in [3.63, 3.8) is 0 Å². The van der Waals surface area contributed by atoms with E-state index in [1.807, 2.05) is 4.68 Å². The summed E-state index contributed by atoms with van der Waals surface area (Å²) in [6, 6.07) is 2.70. The number of nitrogens with zero attached hydrogens (tertiary/aromatic N) is 5. The quantitative estimate of drug-likeness (QED) is 0.793. The standard InChI is InChI=1S/C15H24N6/c1-2-8-16-10-15-17-12-18-21(15)11-13-7-9-20(19-13)14-5-3-4-6-14/h7,9,12,14,16H,2-6,8,10-11H2,1H3. The van der Waals surface area contributed by atoms with Crippen LogP contribution in [-0.4, -0.2) is 31.1 Å². The molecule has 1 N–H and O–H groups in total. The molecule has 1 saturated carbocycles. The highest BCUT2D eigenvalue weighted by Crippen LogP contribution is 2.28. The van der Waals surface area contributed by atoms with Gasteiger partial charge < -0.3 is 5.32 Å². The molecule has 1 fully saturated rings. The summed E-state index contributed by atoms with van der Waals surface area (Å²) in [5, 5.41) is 12.4. The lowest BCUT2D eigenvalue weighted by Crippen LogP contribution is -2.18. The predicted octanol–water partition coefficient (Wildman–Crippen LogP) is 2.14. The highest BCUT2D eigenvalue weighted by atomic mass is 15.4. The minimum atomic E-state index is 0.597. The Bertz CT molecular complexity index is 552. The monoisotopic (exact) mass is 288 g/mol. The van der Waals surface area contributed by atoms with Crippen LogP contribution in [0.5, 0.6) is 0 Å². The van der Waals surface area contributed by atoms with Gasteiger partial charge in [0.2, 0.25) is 0 Å². The highest BCUT2D eigenvalue weighted by molar-refractivity contribution is 5.02. The van der Waals surface area contributed by atoms with Crippen LogP contribution in [0, 0.1) is 0 Å². The van der Waals surface area contributed by atoms with Gasteiger partial charge in [-0.3, -0.25) is 4.68 Å². The molecule has 1 aliphatic carbocycles. The number of rotatable bonds is 7. The van der Waals surface area contributed by atoms with Gasteiger partial charge in [0.05, 0.1) is 24.8 Å². The van der Waals surface area contributed by atoms with Crippen LogP contribution in [0.4, 0.5) is 0 Å². The molecule has 2 aromatic heterocycles. The summed E-state index contributed by atoms with van der Waals surface area (Å²) in [5.74, 6) is 0.971. The van der Waals surface area contributed by atoms with Gasteiger partial charge >= 0.3 is 0 Å². The summed E-state index contributed by atoms with van der Waals surface area (Å²) in [4.78, 5) is 4.32. The van der Waals surface area contributed by atoms with Crippen molar-refractivity contribution in [3.8, 4) is 0 Å².